The number of methoxy groups -OCH3 is 1. The van der Waals surface area contributed by atoms with Gasteiger partial charge in [0.05, 0.1) is 13.5 Å². The zero-order valence-corrected chi connectivity index (χ0v) is 7.70. The highest BCUT2D eigenvalue weighted by atomic mass is 16.6. The van der Waals surface area contributed by atoms with E-state index in [0.29, 0.717) is 6.42 Å². The van der Waals surface area contributed by atoms with Crippen LogP contribution in [0.2, 0.25) is 0 Å². The van der Waals surface area contributed by atoms with Crippen molar-refractivity contribution in [3.05, 3.63) is 0 Å². The van der Waals surface area contributed by atoms with Crippen LogP contribution in [0.5, 0.6) is 0 Å². The van der Waals surface area contributed by atoms with Crippen molar-refractivity contribution in [2.75, 3.05) is 7.11 Å². The highest BCUT2D eigenvalue weighted by Gasteiger charge is 2.26. The Morgan fingerprint density at radius 2 is 2.46 bits per heavy atom. The average Bonchev–Trinajstić information content (AvgIpc) is 2.02. The molecule has 1 aliphatic heterocycles. The Morgan fingerprint density at radius 1 is 1.77 bits per heavy atom. The van der Waals surface area contributed by atoms with Crippen molar-refractivity contribution >= 4 is 12.1 Å². The van der Waals surface area contributed by atoms with Crippen molar-refractivity contribution in [3.63, 3.8) is 0 Å². The lowest BCUT2D eigenvalue weighted by atomic mass is 10.1. The van der Waals surface area contributed by atoms with Gasteiger partial charge in [-0.2, -0.15) is 0 Å². The lowest BCUT2D eigenvalue weighted by molar-refractivity contribution is -0.141. The number of ether oxygens (including phenoxy) is 2. The predicted octanol–water partition coefficient (Wildman–Crippen LogP) is 0.436. The lowest BCUT2D eigenvalue weighted by Gasteiger charge is -2.27. The first kappa shape index (κ1) is 9.83. The number of hydrogen-bond donors (Lipinski definition) is 1. The maximum absolute atomic E-state index is 10.9. The molecule has 74 valence electrons. The van der Waals surface area contributed by atoms with Crippen LogP contribution in [-0.2, 0) is 14.3 Å². The van der Waals surface area contributed by atoms with Crippen molar-refractivity contribution in [1.82, 2.24) is 5.32 Å². The molecule has 1 saturated heterocycles. The molecule has 0 aromatic carbocycles. The van der Waals surface area contributed by atoms with Crippen LogP contribution < -0.4 is 5.32 Å². The van der Waals surface area contributed by atoms with Gasteiger partial charge in [-0.1, -0.05) is 0 Å². The summed E-state index contributed by atoms with van der Waals surface area (Å²) in [7, 11) is 1.33. The summed E-state index contributed by atoms with van der Waals surface area (Å²) in [5, 5.41) is 2.55. The van der Waals surface area contributed by atoms with E-state index in [1.54, 1.807) is 6.92 Å². The normalized spacial score (nSPS) is 27.4. The first-order chi connectivity index (χ1) is 6.11. The number of hydrogen-bond acceptors (Lipinski definition) is 4. The van der Waals surface area contributed by atoms with E-state index in [1.807, 2.05) is 0 Å². The molecule has 1 N–H and O–H groups in total. The van der Waals surface area contributed by atoms with Gasteiger partial charge in [0.15, 0.2) is 0 Å². The third kappa shape index (κ3) is 2.93. The summed E-state index contributed by atoms with van der Waals surface area (Å²) in [6, 6.07) is -0.163. The van der Waals surface area contributed by atoms with Gasteiger partial charge in [0.25, 0.3) is 0 Å². The molecule has 0 radical (unpaired) electrons. The number of nitrogens with one attached hydrogen (secondary N) is 1. The second-order valence-corrected chi connectivity index (χ2v) is 3.07. The number of alkyl carbamates (subject to hydrolysis) is 1. The molecule has 0 spiro atoms. The van der Waals surface area contributed by atoms with Gasteiger partial charge in [-0.25, -0.2) is 4.79 Å². The summed E-state index contributed by atoms with van der Waals surface area (Å²) >= 11 is 0. The molecule has 0 saturated carbocycles. The van der Waals surface area contributed by atoms with E-state index >= 15 is 0 Å². The Kier molecular flexibility index (Phi) is 3.11. The molecule has 0 aromatic heterocycles. The Labute approximate surface area is 76.4 Å². The van der Waals surface area contributed by atoms with E-state index in [-0.39, 0.29) is 24.5 Å². The molecule has 1 aliphatic rings. The molecule has 2 atom stereocenters. The second-order valence-electron chi connectivity index (χ2n) is 3.07. The largest absolute Gasteiger partial charge is 0.469 e. The molecule has 5 nitrogen and oxygen atoms in total. The number of carbonyl (C=O) groups excluding carboxylic acids is 2. The minimum absolute atomic E-state index is 0.136. The molecule has 1 amide bonds. The van der Waals surface area contributed by atoms with E-state index in [4.69, 9.17) is 4.74 Å². The molecule has 13 heavy (non-hydrogen) atoms. The summed E-state index contributed by atoms with van der Waals surface area (Å²) in [6.45, 7) is 1.79. The van der Waals surface area contributed by atoms with Gasteiger partial charge in [0, 0.05) is 12.5 Å². The van der Waals surface area contributed by atoms with E-state index < -0.39 is 6.09 Å². The molecule has 0 aliphatic carbocycles. The minimum Gasteiger partial charge on any atom is -0.469 e. The van der Waals surface area contributed by atoms with Crippen molar-refractivity contribution in [3.8, 4) is 0 Å². The van der Waals surface area contributed by atoms with E-state index in [0.717, 1.165) is 0 Å². The Balaban J connectivity index is 2.41. The summed E-state index contributed by atoms with van der Waals surface area (Å²) in [5.41, 5.74) is 0. The highest BCUT2D eigenvalue weighted by molar-refractivity contribution is 5.73. The quantitative estimate of drug-likeness (QED) is 0.637. The SMILES string of the molecule is COC(=O)C[C@H]1C[C@H](C)OC(=O)N1. The first-order valence-electron chi connectivity index (χ1n) is 4.15. The average molecular weight is 187 g/mol. The van der Waals surface area contributed by atoms with Crippen LogP contribution in [0.4, 0.5) is 4.79 Å². The van der Waals surface area contributed by atoms with Crippen LogP contribution in [0.1, 0.15) is 19.8 Å². The number of cyclic esters (lactones) is 1. The maximum Gasteiger partial charge on any atom is 0.407 e. The molecule has 0 unspecified atom stereocenters. The molecule has 0 bridgehead atoms. The zero-order chi connectivity index (χ0) is 9.84. The first-order valence-corrected chi connectivity index (χ1v) is 4.15. The van der Waals surface area contributed by atoms with Crippen molar-refractivity contribution in [1.29, 1.82) is 0 Å². The van der Waals surface area contributed by atoms with Crippen molar-refractivity contribution in [2.24, 2.45) is 0 Å². The van der Waals surface area contributed by atoms with Crippen LogP contribution in [-0.4, -0.2) is 31.3 Å². The fraction of sp³-hybridized carbons (Fsp3) is 0.750. The maximum atomic E-state index is 10.9. The Bertz CT molecular complexity index is 216. The van der Waals surface area contributed by atoms with Gasteiger partial charge in [-0.15, -0.1) is 0 Å². The monoisotopic (exact) mass is 187 g/mol. The van der Waals surface area contributed by atoms with Crippen LogP contribution in [0.15, 0.2) is 0 Å². The summed E-state index contributed by atoms with van der Waals surface area (Å²) in [4.78, 5) is 21.7. The van der Waals surface area contributed by atoms with Crippen LogP contribution in [0.25, 0.3) is 0 Å². The number of amides is 1. The topological polar surface area (TPSA) is 64.6 Å². The summed E-state index contributed by atoms with van der Waals surface area (Å²) < 4.78 is 9.32. The molecule has 1 fully saturated rings. The van der Waals surface area contributed by atoms with E-state index in [9.17, 15) is 9.59 Å². The lowest BCUT2D eigenvalue weighted by Crippen LogP contribution is -2.45. The number of esters is 1. The van der Waals surface area contributed by atoms with Gasteiger partial charge in [0.1, 0.15) is 6.10 Å². The van der Waals surface area contributed by atoms with Crippen LogP contribution in [0.3, 0.4) is 0 Å². The Hall–Kier alpha value is -1.26. The second kappa shape index (κ2) is 4.11. The molecule has 1 rings (SSSR count). The fourth-order valence-corrected chi connectivity index (χ4v) is 1.31. The molecule has 0 aromatic rings. The highest BCUT2D eigenvalue weighted by Crippen LogP contribution is 2.12. The molecular formula is C8H13NO4. The summed E-state index contributed by atoms with van der Waals surface area (Å²) in [6.07, 6.45) is 0.243. The summed E-state index contributed by atoms with van der Waals surface area (Å²) in [5.74, 6) is -0.320. The third-order valence-electron chi connectivity index (χ3n) is 1.89. The van der Waals surface area contributed by atoms with Gasteiger partial charge >= 0.3 is 12.1 Å². The van der Waals surface area contributed by atoms with Gasteiger partial charge in [0.2, 0.25) is 0 Å². The molecular weight excluding hydrogens is 174 g/mol. The van der Waals surface area contributed by atoms with E-state index in [2.05, 4.69) is 10.1 Å². The third-order valence-corrected chi connectivity index (χ3v) is 1.89. The Morgan fingerprint density at radius 3 is 3.00 bits per heavy atom. The van der Waals surface area contributed by atoms with Gasteiger partial charge in [-0.3, -0.25) is 4.79 Å². The zero-order valence-electron chi connectivity index (χ0n) is 7.70. The molecule has 1 heterocycles. The van der Waals surface area contributed by atoms with Crippen LogP contribution in [0, 0.1) is 0 Å². The van der Waals surface area contributed by atoms with Crippen molar-refractivity contribution in [2.45, 2.75) is 31.9 Å². The van der Waals surface area contributed by atoms with Gasteiger partial charge < -0.3 is 14.8 Å². The van der Waals surface area contributed by atoms with Crippen LogP contribution >= 0.6 is 0 Å². The predicted molar refractivity (Wildman–Crippen MR) is 44.1 cm³/mol. The smallest absolute Gasteiger partial charge is 0.407 e. The van der Waals surface area contributed by atoms with Gasteiger partial charge in [-0.05, 0) is 6.92 Å². The van der Waals surface area contributed by atoms with Crippen molar-refractivity contribution < 1.29 is 19.1 Å². The minimum atomic E-state index is -0.465. The van der Waals surface area contributed by atoms with E-state index in [1.165, 1.54) is 7.11 Å². The molecule has 5 heteroatoms. The standard InChI is InChI=1S/C8H13NO4/c1-5-3-6(4-7(10)12-2)9-8(11)13-5/h5-6H,3-4H2,1-2H3,(H,9,11)/t5-,6+/m0/s1. The number of carbonyl (C=O) groups is 2. The fourth-order valence-electron chi connectivity index (χ4n) is 1.31. The number of rotatable bonds is 2.